The summed E-state index contributed by atoms with van der Waals surface area (Å²) in [6.45, 7) is 5.40. The number of aromatic nitrogens is 4. The molecule has 2 aliphatic rings. The molecule has 2 fully saturated rings. The van der Waals surface area contributed by atoms with Crippen LogP contribution >= 0.6 is 8.03 Å². The van der Waals surface area contributed by atoms with Crippen molar-refractivity contribution in [2.45, 2.75) is 44.0 Å². The Hall–Kier alpha value is -1.91. The molecule has 146 valence electrons. The van der Waals surface area contributed by atoms with Crippen LogP contribution in [-0.2, 0) is 18.6 Å². The molecule has 0 amide bonds. The van der Waals surface area contributed by atoms with Crippen LogP contribution in [0, 0.1) is 0 Å². The number of imidazole rings is 1. The van der Waals surface area contributed by atoms with Gasteiger partial charge in [0.2, 0.25) is 11.8 Å². The van der Waals surface area contributed by atoms with Gasteiger partial charge in [0.05, 0.1) is 19.0 Å². The van der Waals surface area contributed by atoms with Crippen molar-refractivity contribution in [1.29, 1.82) is 0 Å². The van der Waals surface area contributed by atoms with E-state index in [9.17, 15) is 9.67 Å². The van der Waals surface area contributed by atoms with Crippen LogP contribution in [0.4, 0.5) is 5.95 Å². The fraction of sp³-hybridized carbons (Fsp3) is 0.667. The standard InChI is InChI=1S/C15H21N5O6P/c1-4-23-12-8-11(18-14(16)19-12)20(6-17-8)13-9-10(21)15(26-13,7(2)25-9)5-24-27(3)22/h6-7,9-10,13,21H,4-5H2,1-3H3,(H2,16,18,19)/q+1/t7-,9-,10+,13-,15+/m1/s1. The Balaban J connectivity index is 1.72. The van der Waals surface area contributed by atoms with Gasteiger partial charge in [0.1, 0.15) is 18.8 Å². The third kappa shape index (κ3) is 2.77. The molecule has 2 aromatic rings. The molecule has 11 nitrogen and oxygen atoms in total. The van der Waals surface area contributed by atoms with Crippen molar-refractivity contribution in [3.63, 3.8) is 0 Å². The van der Waals surface area contributed by atoms with Gasteiger partial charge in [0.25, 0.3) is 0 Å². The molecule has 6 atom stereocenters. The van der Waals surface area contributed by atoms with E-state index >= 15 is 0 Å². The van der Waals surface area contributed by atoms with Crippen molar-refractivity contribution in [2.75, 3.05) is 25.6 Å². The summed E-state index contributed by atoms with van der Waals surface area (Å²) >= 11 is 0. The van der Waals surface area contributed by atoms with Gasteiger partial charge in [-0.3, -0.25) is 4.57 Å². The van der Waals surface area contributed by atoms with Crippen LogP contribution in [-0.4, -0.2) is 68.4 Å². The van der Waals surface area contributed by atoms with Gasteiger partial charge < -0.3 is 25.1 Å². The number of aliphatic hydroxyl groups is 1. The molecule has 12 heteroatoms. The molecule has 27 heavy (non-hydrogen) atoms. The first kappa shape index (κ1) is 18.5. The summed E-state index contributed by atoms with van der Waals surface area (Å²) in [7, 11) is -1.84. The van der Waals surface area contributed by atoms with Gasteiger partial charge in [0, 0.05) is 0 Å². The number of aliphatic hydroxyl groups excluding tert-OH is 1. The van der Waals surface area contributed by atoms with Gasteiger partial charge >= 0.3 is 8.03 Å². The molecule has 0 saturated carbocycles. The van der Waals surface area contributed by atoms with E-state index in [-0.39, 0.29) is 18.4 Å². The predicted molar refractivity (Wildman–Crippen MR) is 93.6 cm³/mol. The molecule has 1 unspecified atom stereocenters. The van der Waals surface area contributed by atoms with E-state index in [1.165, 1.54) is 13.0 Å². The molecule has 2 aliphatic heterocycles. The Morgan fingerprint density at radius 3 is 2.96 bits per heavy atom. The van der Waals surface area contributed by atoms with E-state index in [0.29, 0.717) is 17.8 Å². The summed E-state index contributed by atoms with van der Waals surface area (Å²) in [6, 6.07) is 0. The van der Waals surface area contributed by atoms with Crippen LogP contribution in [0.5, 0.6) is 5.88 Å². The maximum atomic E-state index is 11.4. The number of fused-ring (bicyclic) bond motifs is 3. The Bertz CT molecular complexity index is 893. The molecule has 4 heterocycles. The van der Waals surface area contributed by atoms with E-state index in [1.54, 1.807) is 11.5 Å². The Labute approximate surface area is 155 Å². The van der Waals surface area contributed by atoms with Crippen LogP contribution in [0.25, 0.3) is 11.2 Å². The first-order valence-electron chi connectivity index (χ1n) is 8.55. The Morgan fingerprint density at radius 2 is 2.26 bits per heavy atom. The molecule has 3 N–H and O–H groups in total. The lowest BCUT2D eigenvalue weighted by Gasteiger charge is -2.34. The molecule has 4 rings (SSSR count). The molecule has 0 aliphatic carbocycles. The monoisotopic (exact) mass is 398 g/mol. The summed E-state index contributed by atoms with van der Waals surface area (Å²) in [6.07, 6.45) is -1.25. The van der Waals surface area contributed by atoms with Crippen LogP contribution in [0.2, 0.25) is 0 Å². The van der Waals surface area contributed by atoms with Crippen LogP contribution in [0.15, 0.2) is 6.33 Å². The van der Waals surface area contributed by atoms with Crippen LogP contribution in [0.3, 0.4) is 0 Å². The Morgan fingerprint density at radius 1 is 1.48 bits per heavy atom. The van der Waals surface area contributed by atoms with Gasteiger partial charge in [-0.2, -0.15) is 9.97 Å². The molecule has 2 aromatic heterocycles. The average molecular weight is 398 g/mol. The fourth-order valence-electron chi connectivity index (χ4n) is 3.60. The first-order chi connectivity index (χ1) is 12.9. The van der Waals surface area contributed by atoms with Gasteiger partial charge in [-0.1, -0.05) is 0 Å². The highest BCUT2D eigenvalue weighted by atomic mass is 31.1. The second-order valence-corrected chi connectivity index (χ2v) is 7.65. The number of anilines is 1. The smallest absolute Gasteiger partial charge is 0.476 e. The maximum Gasteiger partial charge on any atom is 0.504 e. The SMILES string of the molecule is CCOc1nc(N)nc2c1ncn2[C@@H]1O[C@@]2(CO[P+](C)=O)[C@@H](C)O[C@@H]1[C@@H]2O. The second-order valence-electron chi connectivity index (χ2n) is 6.51. The summed E-state index contributed by atoms with van der Waals surface area (Å²) in [5.74, 6) is 0.310. The van der Waals surface area contributed by atoms with Crippen molar-refractivity contribution in [1.82, 2.24) is 19.5 Å². The zero-order valence-electron chi connectivity index (χ0n) is 15.1. The summed E-state index contributed by atoms with van der Waals surface area (Å²) in [4.78, 5) is 12.6. The lowest BCUT2D eigenvalue weighted by molar-refractivity contribution is -0.213. The number of rotatable bonds is 6. The number of nitrogens with zero attached hydrogens (tertiary/aromatic N) is 4. The third-order valence-electron chi connectivity index (χ3n) is 4.92. The molecular formula is C15H21N5O6P+. The molecule has 2 saturated heterocycles. The predicted octanol–water partition coefficient (Wildman–Crippen LogP) is 0.612. The minimum absolute atomic E-state index is 0.0340. The second kappa shape index (κ2) is 6.61. The Kier molecular flexibility index (Phi) is 4.52. The average Bonchev–Trinajstić information content (AvgIpc) is 3.21. The highest BCUT2D eigenvalue weighted by Gasteiger charge is 2.66. The van der Waals surface area contributed by atoms with Gasteiger partial charge in [0.15, 0.2) is 29.7 Å². The summed E-state index contributed by atoms with van der Waals surface area (Å²) < 4.78 is 35.8. The number of hydrogen-bond donors (Lipinski definition) is 2. The minimum atomic E-state index is -1.84. The molecular weight excluding hydrogens is 377 g/mol. The van der Waals surface area contributed by atoms with Crippen molar-refractivity contribution >= 4 is 25.1 Å². The summed E-state index contributed by atoms with van der Waals surface area (Å²) in [5, 5.41) is 10.8. The summed E-state index contributed by atoms with van der Waals surface area (Å²) in [5.41, 5.74) is 5.51. The van der Waals surface area contributed by atoms with Crippen molar-refractivity contribution in [3.8, 4) is 5.88 Å². The van der Waals surface area contributed by atoms with Gasteiger partial charge in [-0.25, -0.2) is 4.98 Å². The quantitative estimate of drug-likeness (QED) is 0.664. The maximum absolute atomic E-state index is 11.4. The number of nitrogens with two attached hydrogens (primary N) is 1. The molecule has 0 aromatic carbocycles. The minimum Gasteiger partial charge on any atom is -0.476 e. The molecule has 0 spiro atoms. The van der Waals surface area contributed by atoms with Crippen molar-refractivity contribution in [2.24, 2.45) is 0 Å². The number of ether oxygens (including phenoxy) is 3. The topological polar surface area (TPSA) is 144 Å². The van der Waals surface area contributed by atoms with E-state index in [4.69, 9.17) is 24.5 Å². The van der Waals surface area contributed by atoms with Crippen LogP contribution in [0.1, 0.15) is 20.1 Å². The fourth-order valence-corrected chi connectivity index (χ4v) is 3.98. The third-order valence-corrected chi connectivity index (χ3v) is 5.41. The molecule has 0 radical (unpaired) electrons. The largest absolute Gasteiger partial charge is 0.504 e. The normalized spacial score (nSPS) is 33.0. The van der Waals surface area contributed by atoms with Gasteiger partial charge in [-0.05, 0) is 18.4 Å². The van der Waals surface area contributed by atoms with Crippen LogP contribution < -0.4 is 10.5 Å². The highest BCUT2D eigenvalue weighted by Crippen LogP contribution is 2.50. The van der Waals surface area contributed by atoms with E-state index in [1.807, 2.05) is 6.92 Å². The van der Waals surface area contributed by atoms with E-state index in [0.717, 1.165) is 0 Å². The zero-order valence-corrected chi connectivity index (χ0v) is 16.0. The van der Waals surface area contributed by atoms with Crippen molar-refractivity contribution in [3.05, 3.63) is 6.33 Å². The van der Waals surface area contributed by atoms with E-state index < -0.39 is 38.2 Å². The van der Waals surface area contributed by atoms with Crippen molar-refractivity contribution < 1.29 is 28.4 Å². The number of nitrogen functional groups attached to an aromatic ring is 1. The lowest BCUT2D eigenvalue weighted by Crippen LogP contribution is -2.49. The first-order valence-corrected chi connectivity index (χ1v) is 10.2. The van der Waals surface area contributed by atoms with Gasteiger partial charge in [-0.15, -0.1) is 4.52 Å². The lowest BCUT2D eigenvalue weighted by atomic mass is 9.94. The number of hydrogen-bond acceptors (Lipinski definition) is 10. The van der Waals surface area contributed by atoms with E-state index in [2.05, 4.69) is 15.0 Å². The highest BCUT2D eigenvalue weighted by molar-refractivity contribution is 7.38. The zero-order chi connectivity index (χ0) is 19.3. The molecule has 2 bridgehead atoms.